The molecule has 2 fully saturated rings. The summed E-state index contributed by atoms with van der Waals surface area (Å²) in [7, 11) is 3.37. The second-order valence-corrected chi connectivity index (χ2v) is 7.49. The minimum Gasteiger partial charge on any atom is -0.345 e. The Morgan fingerprint density at radius 2 is 2.12 bits per heavy atom. The van der Waals surface area contributed by atoms with Crippen LogP contribution in [-0.2, 0) is 4.79 Å². The van der Waals surface area contributed by atoms with Crippen molar-refractivity contribution in [2.45, 2.75) is 25.7 Å². The summed E-state index contributed by atoms with van der Waals surface area (Å²) in [5.41, 5.74) is 0.782. The second kappa shape index (κ2) is 6.73. The van der Waals surface area contributed by atoms with Crippen molar-refractivity contribution in [3.05, 3.63) is 28.8 Å². The van der Waals surface area contributed by atoms with Crippen LogP contribution < -0.4 is 10.6 Å². The molecule has 0 bridgehead atoms. The molecule has 1 saturated heterocycles. The molecular formula is C18H24ClN3O2. The van der Waals surface area contributed by atoms with Gasteiger partial charge in [-0.1, -0.05) is 24.4 Å². The number of hydrogen-bond acceptors (Lipinski definition) is 3. The van der Waals surface area contributed by atoms with E-state index in [1.54, 1.807) is 32.3 Å². The topological polar surface area (TPSA) is 61.4 Å². The molecule has 2 atom stereocenters. The van der Waals surface area contributed by atoms with Gasteiger partial charge in [-0.05, 0) is 43.5 Å². The number of nitrogens with zero attached hydrogens (tertiary/aromatic N) is 1. The van der Waals surface area contributed by atoms with Gasteiger partial charge in [0, 0.05) is 26.3 Å². The molecule has 1 aromatic rings. The molecule has 2 N–H and O–H groups in total. The van der Waals surface area contributed by atoms with Crippen LogP contribution in [0.2, 0.25) is 5.02 Å². The Bertz CT molecular complexity index is 662. The zero-order chi connectivity index (χ0) is 17.3. The Morgan fingerprint density at radius 1 is 1.33 bits per heavy atom. The third-order valence-electron chi connectivity index (χ3n) is 5.35. The molecule has 0 unspecified atom stereocenters. The molecule has 1 aliphatic carbocycles. The van der Waals surface area contributed by atoms with Crippen LogP contribution in [0.5, 0.6) is 0 Å². The van der Waals surface area contributed by atoms with Gasteiger partial charge >= 0.3 is 0 Å². The normalized spacial score (nSPS) is 25.9. The average Bonchev–Trinajstić information content (AvgIpc) is 2.99. The summed E-state index contributed by atoms with van der Waals surface area (Å²) in [4.78, 5) is 26.5. The Balaban J connectivity index is 1.77. The molecular weight excluding hydrogens is 326 g/mol. The number of rotatable bonds is 3. The van der Waals surface area contributed by atoms with E-state index in [1.807, 2.05) is 0 Å². The highest BCUT2D eigenvalue weighted by Gasteiger charge is 2.49. The number of nitrogens with one attached hydrogen (secondary N) is 2. The average molecular weight is 350 g/mol. The SMILES string of the molecule is CN(C)C(=O)c1ccc(NC(=O)[C@@]23CCCC[C@H]2CNC3)cc1Cl. The number of amides is 2. The van der Waals surface area contributed by atoms with Crippen LogP contribution in [-0.4, -0.2) is 43.9 Å². The summed E-state index contributed by atoms with van der Waals surface area (Å²) in [5.74, 6) is 0.333. The Labute approximate surface area is 147 Å². The lowest BCUT2D eigenvalue weighted by Gasteiger charge is -2.37. The molecule has 1 aliphatic heterocycles. The van der Waals surface area contributed by atoms with E-state index in [-0.39, 0.29) is 17.2 Å². The van der Waals surface area contributed by atoms with Gasteiger partial charge in [-0.25, -0.2) is 0 Å². The van der Waals surface area contributed by atoms with Crippen LogP contribution in [0, 0.1) is 11.3 Å². The highest BCUT2D eigenvalue weighted by atomic mass is 35.5. The number of halogens is 1. The molecule has 2 aliphatic rings. The molecule has 24 heavy (non-hydrogen) atoms. The Morgan fingerprint density at radius 3 is 2.83 bits per heavy atom. The lowest BCUT2D eigenvalue weighted by Crippen LogP contribution is -2.44. The number of anilines is 1. The molecule has 3 rings (SSSR count). The van der Waals surface area contributed by atoms with E-state index in [4.69, 9.17) is 11.6 Å². The molecule has 0 spiro atoms. The first-order valence-electron chi connectivity index (χ1n) is 8.47. The van der Waals surface area contributed by atoms with Crippen molar-refractivity contribution < 1.29 is 9.59 Å². The minimum absolute atomic E-state index is 0.0694. The zero-order valence-electron chi connectivity index (χ0n) is 14.2. The molecule has 0 aromatic heterocycles. The molecule has 2 amide bonds. The predicted octanol–water partition coefficient (Wildman–Crippen LogP) is 2.76. The first-order chi connectivity index (χ1) is 11.4. The molecule has 1 saturated carbocycles. The van der Waals surface area contributed by atoms with Crippen molar-refractivity contribution in [2.75, 3.05) is 32.5 Å². The van der Waals surface area contributed by atoms with Crippen LogP contribution in [0.15, 0.2) is 18.2 Å². The van der Waals surface area contributed by atoms with E-state index < -0.39 is 0 Å². The monoisotopic (exact) mass is 349 g/mol. The Kier molecular flexibility index (Phi) is 4.83. The van der Waals surface area contributed by atoms with Gasteiger partial charge in [0.15, 0.2) is 0 Å². The maximum Gasteiger partial charge on any atom is 0.254 e. The standard InChI is InChI=1S/C18H24ClN3O2/c1-22(2)16(23)14-7-6-13(9-15(14)19)21-17(24)18-8-4-3-5-12(18)10-20-11-18/h6-7,9,12,20H,3-5,8,10-11H2,1-2H3,(H,21,24)/t12-,18+/m0/s1. The van der Waals surface area contributed by atoms with Crippen molar-refractivity contribution in [2.24, 2.45) is 11.3 Å². The molecule has 1 heterocycles. The number of fused-ring (bicyclic) bond motifs is 1. The van der Waals surface area contributed by atoms with Gasteiger partial charge in [0.1, 0.15) is 0 Å². The van der Waals surface area contributed by atoms with Gasteiger partial charge in [0.2, 0.25) is 5.91 Å². The van der Waals surface area contributed by atoms with Crippen molar-refractivity contribution >= 4 is 29.1 Å². The van der Waals surface area contributed by atoms with Gasteiger partial charge in [-0.3, -0.25) is 9.59 Å². The van der Waals surface area contributed by atoms with E-state index in [2.05, 4.69) is 10.6 Å². The van der Waals surface area contributed by atoms with Crippen LogP contribution in [0.25, 0.3) is 0 Å². The Hall–Kier alpha value is -1.59. The molecule has 5 nitrogen and oxygen atoms in total. The van der Waals surface area contributed by atoms with Crippen LogP contribution >= 0.6 is 11.6 Å². The predicted molar refractivity (Wildman–Crippen MR) is 95.4 cm³/mol. The lowest BCUT2D eigenvalue weighted by molar-refractivity contribution is -0.128. The third-order valence-corrected chi connectivity index (χ3v) is 5.67. The van der Waals surface area contributed by atoms with Gasteiger partial charge in [-0.2, -0.15) is 0 Å². The largest absolute Gasteiger partial charge is 0.345 e. The minimum atomic E-state index is -0.303. The summed E-state index contributed by atoms with van der Waals surface area (Å²) in [6.07, 6.45) is 4.34. The molecule has 6 heteroatoms. The summed E-state index contributed by atoms with van der Waals surface area (Å²) in [5, 5.41) is 6.76. The highest BCUT2D eigenvalue weighted by Crippen LogP contribution is 2.44. The lowest BCUT2D eigenvalue weighted by atomic mass is 9.67. The van der Waals surface area contributed by atoms with E-state index in [9.17, 15) is 9.59 Å². The number of benzene rings is 1. The third kappa shape index (κ3) is 3.03. The maximum atomic E-state index is 12.9. The van der Waals surface area contributed by atoms with E-state index in [0.29, 0.717) is 22.2 Å². The van der Waals surface area contributed by atoms with Crippen molar-refractivity contribution in [3.8, 4) is 0 Å². The summed E-state index contributed by atoms with van der Waals surface area (Å²) < 4.78 is 0. The van der Waals surface area contributed by atoms with Gasteiger partial charge in [0.25, 0.3) is 5.91 Å². The quantitative estimate of drug-likeness (QED) is 0.882. The van der Waals surface area contributed by atoms with Gasteiger partial charge in [0.05, 0.1) is 16.0 Å². The maximum absolute atomic E-state index is 12.9. The fourth-order valence-electron chi connectivity index (χ4n) is 3.95. The van der Waals surface area contributed by atoms with E-state index >= 15 is 0 Å². The fraction of sp³-hybridized carbons (Fsp3) is 0.556. The van der Waals surface area contributed by atoms with E-state index in [1.165, 1.54) is 11.3 Å². The molecule has 130 valence electrons. The highest BCUT2D eigenvalue weighted by molar-refractivity contribution is 6.34. The summed E-state index contributed by atoms with van der Waals surface area (Å²) in [6, 6.07) is 5.08. The van der Waals surface area contributed by atoms with E-state index in [0.717, 1.165) is 32.4 Å². The molecule has 1 aromatic carbocycles. The summed E-state index contributed by atoms with van der Waals surface area (Å²) in [6.45, 7) is 1.67. The fourth-order valence-corrected chi connectivity index (χ4v) is 4.21. The van der Waals surface area contributed by atoms with Crippen LogP contribution in [0.3, 0.4) is 0 Å². The van der Waals surface area contributed by atoms with Crippen molar-refractivity contribution in [1.29, 1.82) is 0 Å². The first-order valence-corrected chi connectivity index (χ1v) is 8.85. The smallest absolute Gasteiger partial charge is 0.254 e. The second-order valence-electron chi connectivity index (χ2n) is 7.08. The van der Waals surface area contributed by atoms with Gasteiger partial charge < -0.3 is 15.5 Å². The van der Waals surface area contributed by atoms with Crippen molar-refractivity contribution in [1.82, 2.24) is 10.2 Å². The zero-order valence-corrected chi connectivity index (χ0v) is 14.9. The van der Waals surface area contributed by atoms with Gasteiger partial charge in [-0.15, -0.1) is 0 Å². The van der Waals surface area contributed by atoms with Crippen LogP contribution in [0.1, 0.15) is 36.0 Å². The molecule has 0 radical (unpaired) electrons. The summed E-state index contributed by atoms with van der Waals surface area (Å²) >= 11 is 6.24. The number of hydrogen-bond donors (Lipinski definition) is 2. The first kappa shape index (κ1) is 17.2. The van der Waals surface area contributed by atoms with Crippen LogP contribution in [0.4, 0.5) is 5.69 Å². The van der Waals surface area contributed by atoms with Crippen molar-refractivity contribution in [3.63, 3.8) is 0 Å². The number of carbonyl (C=O) groups is 2. The number of carbonyl (C=O) groups excluding carboxylic acids is 2.